The molecule has 0 aromatic heterocycles. The molecule has 0 bridgehead atoms. The first-order valence-electron chi connectivity index (χ1n) is 11.7. The van der Waals surface area contributed by atoms with Gasteiger partial charge in [0.05, 0.1) is 44.2 Å². The first-order chi connectivity index (χ1) is 16.7. The van der Waals surface area contributed by atoms with Crippen LogP contribution in [0.2, 0.25) is 0 Å². The molecule has 3 aromatic rings. The molecule has 0 amide bonds. The van der Waals surface area contributed by atoms with E-state index < -0.39 is 5.41 Å². The Kier molecular flexibility index (Phi) is 8.41. The van der Waals surface area contributed by atoms with Crippen LogP contribution in [0.5, 0.6) is 5.75 Å². The van der Waals surface area contributed by atoms with Crippen LogP contribution in [0, 0.1) is 12.3 Å². The number of nitrogens with two attached hydrogens (primary N) is 1. The van der Waals surface area contributed by atoms with Gasteiger partial charge in [0, 0.05) is 13.0 Å². The molecule has 1 unspecified atom stereocenters. The van der Waals surface area contributed by atoms with Gasteiger partial charge in [0.2, 0.25) is 0 Å². The second-order valence-corrected chi connectivity index (χ2v) is 9.27. The summed E-state index contributed by atoms with van der Waals surface area (Å²) in [5.74, 6) is 0.278. The van der Waals surface area contributed by atoms with Gasteiger partial charge in [-0.1, -0.05) is 36.4 Å². The minimum Gasteiger partial charge on any atom is -0.497 e. The van der Waals surface area contributed by atoms with E-state index in [0.717, 1.165) is 39.3 Å². The van der Waals surface area contributed by atoms with Crippen LogP contribution in [-0.2, 0) is 27.5 Å². The Morgan fingerprint density at radius 3 is 2.23 bits per heavy atom. The average molecular weight is 477 g/mol. The SMILES string of the molecule is CNc1ccc(C(c2ccc(C)c(COCc3ccc(OC)cc3)c2)C(C)(C)C(=O)OC)cc1N. The van der Waals surface area contributed by atoms with E-state index in [4.69, 9.17) is 19.9 Å². The Morgan fingerprint density at radius 2 is 1.63 bits per heavy atom. The van der Waals surface area contributed by atoms with Crippen molar-refractivity contribution in [3.05, 3.63) is 88.5 Å². The highest BCUT2D eigenvalue weighted by atomic mass is 16.5. The fourth-order valence-electron chi connectivity index (χ4n) is 4.42. The minimum atomic E-state index is -0.821. The summed E-state index contributed by atoms with van der Waals surface area (Å²) in [6, 6.07) is 20.0. The highest BCUT2D eigenvalue weighted by Gasteiger charge is 2.40. The molecule has 0 saturated heterocycles. The van der Waals surface area contributed by atoms with Crippen LogP contribution in [0.4, 0.5) is 11.4 Å². The second kappa shape index (κ2) is 11.3. The lowest BCUT2D eigenvalue weighted by atomic mass is 9.70. The summed E-state index contributed by atoms with van der Waals surface area (Å²) in [7, 11) is 4.91. The fourth-order valence-corrected chi connectivity index (χ4v) is 4.42. The number of carbonyl (C=O) groups is 1. The lowest BCUT2D eigenvalue weighted by molar-refractivity contribution is -0.151. The number of anilines is 2. The van der Waals surface area contributed by atoms with Crippen molar-refractivity contribution >= 4 is 17.3 Å². The highest BCUT2D eigenvalue weighted by molar-refractivity contribution is 5.79. The predicted octanol–water partition coefficient (Wildman–Crippen LogP) is 5.68. The lowest BCUT2D eigenvalue weighted by Gasteiger charge is -2.33. The van der Waals surface area contributed by atoms with Gasteiger partial charge in [-0.3, -0.25) is 4.79 Å². The van der Waals surface area contributed by atoms with E-state index in [-0.39, 0.29) is 11.9 Å². The second-order valence-electron chi connectivity index (χ2n) is 9.27. The van der Waals surface area contributed by atoms with E-state index in [1.165, 1.54) is 7.11 Å². The Hall–Kier alpha value is -3.51. The van der Waals surface area contributed by atoms with E-state index in [0.29, 0.717) is 18.9 Å². The molecule has 0 aliphatic heterocycles. The maximum atomic E-state index is 12.9. The van der Waals surface area contributed by atoms with Crippen molar-refractivity contribution < 1.29 is 19.0 Å². The number of aryl methyl sites for hydroxylation is 1. The molecular weight excluding hydrogens is 440 g/mol. The van der Waals surface area contributed by atoms with Gasteiger partial charge in [0.1, 0.15) is 5.75 Å². The van der Waals surface area contributed by atoms with Crippen molar-refractivity contribution in [1.29, 1.82) is 0 Å². The number of rotatable bonds is 10. The van der Waals surface area contributed by atoms with Gasteiger partial charge in [-0.05, 0) is 72.9 Å². The monoisotopic (exact) mass is 476 g/mol. The fraction of sp³-hybridized carbons (Fsp3) is 0.345. The van der Waals surface area contributed by atoms with Crippen LogP contribution in [0.1, 0.15) is 47.6 Å². The van der Waals surface area contributed by atoms with Gasteiger partial charge in [-0.15, -0.1) is 0 Å². The number of methoxy groups -OCH3 is 2. The molecule has 6 nitrogen and oxygen atoms in total. The summed E-state index contributed by atoms with van der Waals surface area (Å²) in [5, 5.41) is 3.09. The number of esters is 1. The van der Waals surface area contributed by atoms with Crippen molar-refractivity contribution in [3.8, 4) is 5.75 Å². The summed E-state index contributed by atoms with van der Waals surface area (Å²) in [4.78, 5) is 12.9. The zero-order chi connectivity index (χ0) is 25.6. The summed E-state index contributed by atoms with van der Waals surface area (Å²) in [5.41, 5.74) is 12.2. The van der Waals surface area contributed by atoms with Gasteiger partial charge in [0.15, 0.2) is 0 Å². The van der Waals surface area contributed by atoms with Crippen molar-refractivity contribution in [2.75, 3.05) is 32.3 Å². The average Bonchev–Trinajstić information content (AvgIpc) is 2.85. The van der Waals surface area contributed by atoms with Crippen molar-refractivity contribution in [1.82, 2.24) is 0 Å². The molecule has 3 N–H and O–H groups in total. The van der Waals surface area contributed by atoms with Gasteiger partial charge >= 0.3 is 5.97 Å². The Bertz CT molecular complexity index is 1160. The molecule has 3 rings (SSSR count). The Balaban J connectivity index is 1.92. The van der Waals surface area contributed by atoms with Crippen LogP contribution in [-0.4, -0.2) is 27.2 Å². The molecular formula is C29H36N2O4. The molecule has 1 atom stereocenters. The normalized spacial score (nSPS) is 12.2. The molecule has 6 heteroatoms. The largest absolute Gasteiger partial charge is 0.497 e. The molecule has 186 valence electrons. The number of benzene rings is 3. The van der Waals surface area contributed by atoms with Crippen LogP contribution in [0.15, 0.2) is 60.7 Å². The number of carbonyl (C=O) groups excluding carboxylic acids is 1. The first kappa shape index (κ1) is 26.1. The number of nitrogen functional groups attached to an aromatic ring is 1. The molecule has 0 aliphatic carbocycles. The van der Waals surface area contributed by atoms with Crippen LogP contribution in [0.3, 0.4) is 0 Å². The van der Waals surface area contributed by atoms with E-state index in [1.54, 1.807) is 7.11 Å². The molecule has 0 heterocycles. The molecule has 35 heavy (non-hydrogen) atoms. The van der Waals surface area contributed by atoms with E-state index in [9.17, 15) is 4.79 Å². The predicted molar refractivity (Wildman–Crippen MR) is 141 cm³/mol. The molecule has 0 radical (unpaired) electrons. The van der Waals surface area contributed by atoms with Gasteiger partial charge < -0.3 is 25.3 Å². The Morgan fingerprint density at radius 1 is 0.971 bits per heavy atom. The van der Waals surface area contributed by atoms with E-state index in [2.05, 4.69) is 30.4 Å². The standard InChI is InChI=1S/C29H36N2O4/c1-19-7-10-21(15-23(19)18-35-17-20-8-12-24(33-5)13-9-20)27(29(2,3)28(32)34-6)22-11-14-26(31-4)25(30)16-22/h7-16,27,31H,17-18,30H2,1-6H3. The van der Waals surface area contributed by atoms with E-state index in [1.807, 2.05) is 63.4 Å². The lowest BCUT2D eigenvalue weighted by Crippen LogP contribution is -2.33. The molecule has 3 aromatic carbocycles. The number of nitrogens with one attached hydrogen (secondary N) is 1. The topological polar surface area (TPSA) is 82.8 Å². The minimum absolute atomic E-state index is 0.260. The molecule has 0 aliphatic rings. The molecule has 0 spiro atoms. The highest BCUT2D eigenvalue weighted by Crippen LogP contribution is 2.43. The van der Waals surface area contributed by atoms with Gasteiger partial charge in [0.25, 0.3) is 0 Å². The number of hydrogen-bond acceptors (Lipinski definition) is 6. The van der Waals surface area contributed by atoms with Crippen molar-refractivity contribution in [2.24, 2.45) is 5.41 Å². The third-order valence-corrected chi connectivity index (χ3v) is 6.50. The molecule has 0 fully saturated rings. The first-order valence-corrected chi connectivity index (χ1v) is 11.7. The van der Waals surface area contributed by atoms with Crippen LogP contribution in [0.25, 0.3) is 0 Å². The summed E-state index contributed by atoms with van der Waals surface area (Å²) in [6.45, 7) is 6.83. The zero-order valence-electron chi connectivity index (χ0n) is 21.5. The summed E-state index contributed by atoms with van der Waals surface area (Å²) < 4.78 is 16.4. The summed E-state index contributed by atoms with van der Waals surface area (Å²) >= 11 is 0. The van der Waals surface area contributed by atoms with Crippen LogP contribution < -0.4 is 15.8 Å². The third kappa shape index (κ3) is 5.95. The zero-order valence-corrected chi connectivity index (χ0v) is 21.5. The van der Waals surface area contributed by atoms with Gasteiger partial charge in [-0.2, -0.15) is 0 Å². The smallest absolute Gasteiger partial charge is 0.312 e. The van der Waals surface area contributed by atoms with E-state index >= 15 is 0 Å². The van der Waals surface area contributed by atoms with Gasteiger partial charge in [-0.25, -0.2) is 0 Å². The van der Waals surface area contributed by atoms with Crippen LogP contribution >= 0.6 is 0 Å². The van der Waals surface area contributed by atoms with Crippen molar-refractivity contribution in [3.63, 3.8) is 0 Å². The quantitative estimate of drug-likeness (QED) is 0.290. The number of hydrogen-bond donors (Lipinski definition) is 2. The van der Waals surface area contributed by atoms with Crippen molar-refractivity contribution in [2.45, 2.75) is 39.9 Å². The summed E-state index contributed by atoms with van der Waals surface area (Å²) in [6.07, 6.45) is 0. The number of ether oxygens (including phenoxy) is 3. The maximum Gasteiger partial charge on any atom is 0.312 e. The third-order valence-electron chi connectivity index (χ3n) is 6.50. The molecule has 0 saturated carbocycles. The Labute approximate surface area is 208 Å². The maximum absolute atomic E-state index is 12.9.